The molecule has 0 N–H and O–H groups in total. The van der Waals surface area contributed by atoms with Crippen molar-refractivity contribution >= 4 is 28.9 Å². The first-order valence-electron chi connectivity index (χ1n) is 4.61. The lowest BCUT2D eigenvalue weighted by Gasteiger charge is -2.03. The molecule has 8 heteroatoms. The monoisotopic (exact) mass is 287 g/mol. The third kappa shape index (κ3) is 2.55. The van der Waals surface area contributed by atoms with Crippen LogP contribution in [0.5, 0.6) is 0 Å². The van der Waals surface area contributed by atoms with Crippen LogP contribution in [0.15, 0.2) is 24.4 Å². The SMILES string of the molecule is O=[N+]([O-])c1cnc(Cl)nc1-c1cc(F)cc(Cl)c1. The van der Waals surface area contributed by atoms with Gasteiger partial charge in [0, 0.05) is 10.6 Å². The van der Waals surface area contributed by atoms with E-state index in [-0.39, 0.29) is 27.3 Å². The van der Waals surface area contributed by atoms with Crippen molar-refractivity contribution in [3.63, 3.8) is 0 Å². The summed E-state index contributed by atoms with van der Waals surface area (Å²) in [5.74, 6) is -0.624. The van der Waals surface area contributed by atoms with Crippen LogP contribution < -0.4 is 0 Å². The van der Waals surface area contributed by atoms with Crippen LogP contribution in [0, 0.1) is 15.9 Å². The van der Waals surface area contributed by atoms with Crippen LogP contribution in [0.25, 0.3) is 11.3 Å². The van der Waals surface area contributed by atoms with E-state index < -0.39 is 10.7 Å². The van der Waals surface area contributed by atoms with Crippen molar-refractivity contribution in [1.82, 2.24) is 9.97 Å². The van der Waals surface area contributed by atoms with E-state index in [2.05, 4.69) is 9.97 Å². The molecule has 0 saturated carbocycles. The lowest BCUT2D eigenvalue weighted by atomic mass is 10.1. The highest BCUT2D eigenvalue weighted by Crippen LogP contribution is 2.30. The topological polar surface area (TPSA) is 68.9 Å². The zero-order valence-corrected chi connectivity index (χ0v) is 10.1. The quantitative estimate of drug-likeness (QED) is 0.482. The number of hydrogen-bond acceptors (Lipinski definition) is 4. The largest absolute Gasteiger partial charge is 0.313 e. The zero-order chi connectivity index (χ0) is 13.3. The van der Waals surface area contributed by atoms with E-state index >= 15 is 0 Å². The van der Waals surface area contributed by atoms with E-state index in [1.54, 1.807) is 0 Å². The van der Waals surface area contributed by atoms with Gasteiger partial charge in [0.2, 0.25) is 5.28 Å². The molecular weight excluding hydrogens is 284 g/mol. The van der Waals surface area contributed by atoms with Crippen molar-refractivity contribution in [2.45, 2.75) is 0 Å². The summed E-state index contributed by atoms with van der Waals surface area (Å²) in [6, 6.07) is 3.52. The van der Waals surface area contributed by atoms with E-state index in [1.807, 2.05) is 0 Å². The van der Waals surface area contributed by atoms with E-state index in [1.165, 1.54) is 6.07 Å². The van der Waals surface area contributed by atoms with Crippen LogP contribution in [0.3, 0.4) is 0 Å². The lowest BCUT2D eigenvalue weighted by Crippen LogP contribution is -1.97. The Balaban J connectivity index is 2.68. The van der Waals surface area contributed by atoms with Gasteiger partial charge in [0.1, 0.15) is 12.0 Å². The molecule has 0 atom stereocenters. The minimum Gasteiger partial charge on any atom is -0.258 e. The van der Waals surface area contributed by atoms with Crippen LogP contribution >= 0.6 is 23.2 Å². The van der Waals surface area contributed by atoms with Crippen LogP contribution in [-0.2, 0) is 0 Å². The summed E-state index contributed by atoms with van der Waals surface area (Å²) in [4.78, 5) is 17.4. The van der Waals surface area contributed by atoms with Crippen molar-refractivity contribution in [2.24, 2.45) is 0 Å². The van der Waals surface area contributed by atoms with Crippen LogP contribution in [0.2, 0.25) is 10.3 Å². The predicted octanol–water partition coefficient (Wildman–Crippen LogP) is 3.50. The molecule has 5 nitrogen and oxygen atoms in total. The molecule has 0 radical (unpaired) electrons. The Morgan fingerprint density at radius 2 is 2.00 bits per heavy atom. The van der Waals surface area contributed by atoms with Gasteiger partial charge in [-0.3, -0.25) is 10.1 Å². The Bertz CT molecular complexity index is 616. The van der Waals surface area contributed by atoms with E-state index in [9.17, 15) is 14.5 Å². The van der Waals surface area contributed by atoms with Gasteiger partial charge >= 0.3 is 5.69 Å². The Labute approximate surface area is 110 Å². The second-order valence-electron chi connectivity index (χ2n) is 3.29. The molecule has 0 aliphatic heterocycles. The Morgan fingerprint density at radius 3 is 2.61 bits per heavy atom. The second-order valence-corrected chi connectivity index (χ2v) is 4.06. The normalized spacial score (nSPS) is 10.4. The van der Waals surface area contributed by atoms with E-state index in [4.69, 9.17) is 23.2 Å². The summed E-state index contributed by atoms with van der Waals surface area (Å²) in [7, 11) is 0. The average Bonchev–Trinajstić information content (AvgIpc) is 2.27. The second kappa shape index (κ2) is 4.83. The fraction of sp³-hybridized carbons (Fsp3) is 0. The maximum Gasteiger partial charge on any atom is 0.313 e. The molecule has 0 aliphatic carbocycles. The first-order valence-corrected chi connectivity index (χ1v) is 5.36. The number of benzene rings is 1. The summed E-state index contributed by atoms with van der Waals surface area (Å²) in [5, 5.41) is 10.8. The lowest BCUT2D eigenvalue weighted by molar-refractivity contribution is -0.384. The summed E-state index contributed by atoms with van der Waals surface area (Å²) in [6.07, 6.45) is 0.962. The van der Waals surface area contributed by atoms with Crippen LogP contribution in [0.4, 0.5) is 10.1 Å². The van der Waals surface area contributed by atoms with Gasteiger partial charge in [-0.05, 0) is 29.8 Å². The number of halogens is 3. The van der Waals surface area contributed by atoms with Gasteiger partial charge in [0.05, 0.1) is 4.92 Å². The number of aromatic nitrogens is 2. The van der Waals surface area contributed by atoms with Crippen molar-refractivity contribution in [1.29, 1.82) is 0 Å². The molecule has 0 fully saturated rings. The highest BCUT2D eigenvalue weighted by atomic mass is 35.5. The van der Waals surface area contributed by atoms with Gasteiger partial charge in [-0.1, -0.05) is 11.6 Å². The smallest absolute Gasteiger partial charge is 0.258 e. The standard InChI is InChI=1S/C10H4Cl2FN3O2/c11-6-1-5(2-7(13)3-6)9-8(16(17)18)4-14-10(12)15-9/h1-4H. The van der Waals surface area contributed by atoms with Crippen molar-refractivity contribution in [2.75, 3.05) is 0 Å². The molecule has 0 bridgehead atoms. The average molecular weight is 288 g/mol. The summed E-state index contributed by atoms with van der Waals surface area (Å²) < 4.78 is 13.2. The van der Waals surface area contributed by atoms with Gasteiger partial charge in [0.25, 0.3) is 0 Å². The van der Waals surface area contributed by atoms with Crippen LogP contribution in [0.1, 0.15) is 0 Å². The van der Waals surface area contributed by atoms with Crippen molar-refractivity contribution in [3.8, 4) is 11.3 Å². The number of hydrogen-bond donors (Lipinski definition) is 0. The summed E-state index contributed by atoms with van der Waals surface area (Å²) in [5.41, 5.74) is -0.293. The molecule has 0 aliphatic rings. The molecule has 1 aromatic heterocycles. The minimum absolute atomic E-state index is 0.0820. The minimum atomic E-state index is -0.676. The number of nitrogens with zero attached hydrogens (tertiary/aromatic N) is 3. The molecule has 1 heterocycles. The number of rotatable bonds is 2. The summed E-state index contributed by atoms with van der Waals surface area (Å²) >= 11 is 11.3. The summed E-state index contributed by atoms with van der Waals surface area (Å²) in [6.45, 7) is 0. The molecule has 92 valence electrons. The highest BCUT2D eigenvalue weighted by molar-refractivity contribution is 6.31. The fourth-order valence-electron chi connectivity index (χ4n) is 1.39. The molecule has 0 saturated heterocycles. The van der Waals surface area contributed by atoms with Gasteiger partial charge in [-0.15, -0.1) is 0 Å². The maximum absolute atomic E-state index is 13.2. The molecule has 0 spiro atoms. The molecule has 18 heavy (non-hydrogen) atoms. The van der Waals surface area contributed by atoms with Gasteiger partial charge in [-0.25, -0.2) is 14.4 Å². The third-order valence-electron chi connectivity index (χ3n) is 2.07. The van der Waals surface area contributed by atoms with Gasteiger partial charge < -0.3 is 0 Å². The first kappa shape index (κ1) is 12.7. The predicted molar refractivity (Wildman–Crippen MR) is 64.1 cm³/mol. The Morgan fingerprint density at radius 1 is 1.28 bits per heavy atom. The molecule has 0 unspecified atom stereocenters. The maximum atomic E-state index is 13.2. The molecule has 0 amide bonds. The number of nitro groups is 1. The molecule has 1 aromatic carbocycles. The van der Waals surface area contributed by atoms with E-state index in [0.29, 0.717) is 0 Å². The fourth-order valence-corrected chi connectivity index (χ4v) is 1.75. The van der Waals surface area contributed by atoms with Crippen molar-refractivity contribution < 1.29 is 9.31 Å². The van der Waals surface area contributed by atoms with Crippen molar-refractivity contribution in [3.05, 3.63) is 50.6 Å². The molecular formula is C10H4Cl2FN3O2. The van der Waals surface area contributed by atoms with Gasteiger partial charge in [0.15, 0.2) is 5.69 Å². The zero-order valence-electron chi connectivity index (χ0n) is 8.60. The van der Waals surface area contributed by atoms with Gasteiger partial charge in [-0.2, -0.15) is 0 Å². The molecule has 2 rings (SSSR count). The van der Waals surface area contributed by atoms with Crippen LogP contribution in [-0.4, -0.2) is 14.9 Å². The highest BCUT2D eigenvalue weighted by Gasteiger charge is 2.19. The third-order valence-corrected chi connectivity index (χ3v) is 2.47. The molecule has 2 aromatic rings. The Kier molecular flexibility index (Phi) is 3.40. The van der Waals surface area contributed by atoms with E-state index in [0.717, 1.165) is 18.3 Å². The first-order chi connectivity index (χ1) is 8.47. The Hall–Kier alpha value is -1.79.